The zero-order chi connectivity index (χ0) is 17.8. The number of benzene rings is 2. The van der Waals surface area contributed by atoms with Gasteiger partial charge in [-0.2, -0.15) is 0 Å². The van der Waals surface area contributed by atoms with E-state index in [0.29, 0.717) is 11.1 Å². The molecule has 0 aliphatic rings. The number of carbonyl (C=O) groups is 1. The SMILES string of the molecule is O=C(c1cccc(-c2ccccn2)c1)c1cccc(-c2ccccn2)c1. The van der Waals surface area contributed by atoms with Crippen LogP contribution >= 0.6 is 0 Å². The van der Waals surface area contributed by atoms with Crippen LogP contribution in [0.2, 0.25) is 0 Å². The van der Waals surface area contributed by atoms with E-state index in [1.807, 2.05) is 84.9 Å². The third-order valence-corrected chi connectivity index (χ3v) is 4.17. The largest absolute Gasteiger partial charge is 0.289 e. The van der Waals surface area contributed by atoms with E-state index in [0.717, 1.165) is 22.5 Å². The van der Waals surface area contributed by atoms with Crippen molar-refractivity contribution >= 4 is 5.78 Å². The number of carbonyl (C=O) groups excluding carboxylic acids is 1. The highest BCUT2D eigenvalue weighted by Gasteiger charge is 2.12. The number of pyridine rings is 2. The highest BCUT2D eigenvalue weighted by Crippen LogP contribution is 2.22. The molecule has 0 atom stereocenters. The van der Waals surface area contributed by atoms with Gasteiger partial charge in [-0.1, -0.05) is 48.5 Å². The van der Waals surface area contributed by atoms with Gasteiger partial charge in [0.1, 0.15) is 0 Å². The van der Waals surface area contributed by atoms with Crippen molar-refractivity contribution in [3.8, 4) is 22.5 Å². The van der Waals surface area contributed by atoms with Crippen LogP contribution in [0.25, 0.3) is 22.5 Å². The average molecular weight is 336 g/mol. The second-order valence-electron chi connectivity index (χ2n) is 5.92. The third-order valence-electron chi connectivity index (χ3n) is 4.17. The monoisotopic (exact) mass is 336 g/mol. The van der Waals surface area contributed by atoms with Crippen molar-refractivity contribution in [2.75, 3.05) is 0 Å². The van der Waals surface area contributed by atoms with Gasteiger partial charge in [-0.25, -0.2) is 0 Å². The van der Waals surface area contributed by atoms with E-state index in [-0.39, 0.29) is 5.78 Å². The molecule has 0 N–H and O–H groups in total. The molecule has 0 radical (unpaired) electrons. The molecule has 0 saturated heterocycles. The predicted octanol–water partition coefficient (Wildman–Crippen LogP) is 5.04. The minimum absolute atomic E-state index is 0.0134. The Balaban J connectivity index is 1.69. The van der Waals surface area contributed by atoms with Crippen LogP contribution in [-0.4, -0.2) is 15.8 Å². The Bertz CT molecular complexity index is 959. The summed E-state index contributed by atoms with van der Waals surface area (Å²) in [6, 6.07) is 26.6. The standard InChI is InChI=1S/C23H16N2O/c26-23(19-9-5-7-17(15-19)21-11-1-3-13-24-21)20-10-6-8-18(16-20)22-12-2-4-14-25-22/h1-16H. The second kappa shape index (κ2) is 7.11. The summed E-state index contributed by atoms with van der Waals surface area (Å²) in [5.74, 6) is -0.0134. The average Bonchev–Trinajstić information content (AvgIpc) is 2.75. The maximum Gasteiger partial charge on any atom is 0.193 e. The summed E-state index contributed by atoms with van der Waals surface area (Å²) in [5.41, 5.74) is 4.85. The first kappa shape index (κ1) is 15.9. The molecule has 0 saturated carbocycles. The molecule has 0 fully saturated rings. The Morgan fingerprint density at radius 1 is 0.577 bits per heavy atom. The first-order valence-electron chi connectivity index (χ1n) is 8.39. The smallest absolute Gasteiger partial charge is 0.193 e. The molecule has 26 heavy (non-hydrogen) atoms. The topological polar surface area (TPSA) is 42.9 Å². The molecule has 0 unspecified atom stereocenters. The van der Waals surface area contributed by atoms with Crippen LogP contribution < -0.4 is 0 Å². The summed E-state index contributed by atoms with van der Waals surface area (Å²) in [4.78, 5) is 21.7. The number of hydrogen-bond acceptors (Lipinski definition) is 3. The summed E-state index contributed by atoms with van der Waals surface area (Å²) in [5, 5.41) is 0. The first-order chi connectivity index (χ1) is 12.8. The maximum atomic E-state index is 13.0. The zero-order valence-corrected chi connectivity index (χ0v) is 14.0. The fourth-order valence-corrected chi connectivity index (χ4v) is 2.87. The van der Waals surface area contributed by atoms with Gasteiger partial charge in [0, 0.05) is 34.6 Å². The summed E-state index contributed by atoms with van der Waals surface area (Å²) in [6.07, 6.45) is 3.50. The van der Waals surface area contributed by atoms with Gasteiger partial charge in [0.2, 0.25) is 0 Å². The van der Waals surface area contributed by atoms with Crippen LogP contribution in [0.3, 0.4) is 0 Å². The summed E-state index contributed by atoms with van der Waals surface area (Å²) in [6.45, 7) is 0. The minimum Gasteiger partial charge on any atom is -0.289 e. The first-order valence-corrected chi connectivity index (χ1v) is 8.39. The molecular formula is C23H16N2O. The van der Waals surface area contributed by atoms with Gasteiger partial charge < -0.3 is 0 Å². The van der Waals surface area contributed by atoms with Gasteiger partial charge in [-0.3, -0.25) is 14.8 Å². The quantitative estimate of drug-likeness (QED) is 0.490. The third kappa shape index (κ3) is 3.28. The van der Waals surface area contributed by atoms with Crippen molar-refractivity contribution in [3.63, 3.8) is 0 Å². The van der Waals surface area contributed by atoms with Crippen molar-refractivity contribution in [3.05, 3.63) is 108 Å². The Hall–Kier alpha value is -3.59. The van der Waals surface area contributed by atoms with Gasteiger partial charge in [0.15, 0.2) is 5.78 Å². The van der Waals surface area contributed by atoms with E-state index >= 15 is 0 Å². The van der Waals surface area contributed by atoms with E-state index in [1.165, 1.54) is 0 Å². The maximum absolute atomic E-state index is 13.0. The molecule has 3 heteroatoms. The molecule has 0 spiro atoms. The summed E-state index contributed by atoms with van der Waals surface area (Å²) >= 11 is 0. The molecule has 4 aromatic rings. The lowest BCUT2D eigenvalue weighted by atomic mass is 9.98. The van der Waals surface area contributed by atoms with Crippen molar-refractivity contribution in [2.45, 2.75) is 0 Å². The number of rotatable bonds is 4. The molecule has 2 aromatic heterocycles. The summed E-state index contributed by atoms with van der Waals surface area (Å²) < 4.78 is 0. The molecule has 3 nitrogen and oxygen atoms in total. The highest BCUT2D eigenvalue weighted by atomic mass is 16.1. The van der Waals surface area contributed by atoms with Crippen LogP contribution in [-0.2, 0) is 0 Å². The van der Waals surface area contributed by atoms with Crippen LogP contribution in [0.15, 0.2) is 97.3 Å². The lowest BCUT2D eigenvalue weighted by Crippen LogP contribution is -2.02. The Kier molecular flexibility index (Phi) is 4.35. The summed E-state index contributed by atoms with van der Waals surface area (Å²) in [7, 11) is 0. The Morgan fingerprint density at radius 2 is 1.08 bits per heavy atom. The molecule has 2 aromatic carbocycles. The van der Waals surface area contributed by atoms with E-state index < -0.39 is 0 Å². The van der Waals surface area contributed by atoms with Crippen LogP contribution in [0.5, 0.6) is 0 Å². The number of nitrogens with zero attached hydrogens (tertiary/aromatic N) is 2. The lowest BCUT2D eigenvalue weighted by Gasteiger charge is -2.07. The van der Waals surface area contributed by atoms with Gasteiger partial charge in [0.25, 0.3) is 0 Å². The molecule has 0 bridgehead atoms. The normalized spacial score (nSPS) is 10.5. The molecule has 0 aliphatic carbocycles. The van der Waals surface area contributed by atoms with Crippen molar-refractivity contribution < 1.29 is 4.79 Å². The van der Waals surface area contributed by atoms with E-state index in [2.05, 4.69) is 9.97 Å². The van der Waals surface area contributed by atoms with E-state index in [4.69, 9.17) is 0 Å². The number of aromatic nitrogens is 2. The van der Waals surface area contributed by atoms with Crippen molar-refractivity contribution in [1.82, 2.24) is 9.97 Å². The molecule has 0 amide bonds. The van der Waals surface area contributed by atoms with Crippen molar-refractivity contribution in [2.24, 2.45) is 0 Å². The second-order valence-corrected chi connectivity index (χ2v) is 5.92. The van der Waals surface area contributed by atoms with Gasteiger partial charge in [0.05, 0.1) is 11.4 Å². The zero-order valence-electron chi connectivity index (χ0n) is 14.0. The van der Waals surface area contributed by atoms with Crippen LogP contribution in [0.1, 0.15) is 15.9 Å². The molecular weight excluding hydrogens is 320 g/mol. The van der Waals surface area contributed by atoms with E-state index in [1.54, 1.807) is 12.4 Å². The molecule has 4 rings (SSSR count). The molecule has 0 aliphatic heterocycles. The Morgan fingerprint density at radius 3 is 1.50 bits per heavy atom. The van der Waals surface area contributed by atoms with Gasteiger partial charge in [-0.05, 0) is 36.4 Å². The van der Waals surface area contributed by atoms with Crippen LogP contribution in [0.4, 0.5) is 0 Å². The van der Waals surface area contributed by atoms with Crippen molar-refractivity contribution in [1.29, 1.82) is 0 Å². The minimum atomic E-state index is -0.0134. The Labute approximate surface area is 152 Å². The van der Waals surface area contributed by atoms with Gasteiger partial charge >= 0.3 is 0 Å². The fraction of sp³-hybridized carbons (Fsp3) is 0. The molecule has 124 valence electrons. The highest BCUT2D eigenvalue weighted by molar-refractivity contribution is 6.10. The van der Waals surface area contributed by atoms with Gasteiger partial charge in [-0.15, -0.1) is 0 Å². The van der Waals surface area contributed by atoms with Crippen LogP contribution in [0, 0.1) is 0 Å². The van der Waals surface area contributed by atoms with E-state index in [9.17, 15) is 4.79 Å². The predicted molar refractivity (Wildman–Crippen MR) is 103 cm³/mol. The fourth-order valence-electron chi connectivity index (χ4n) is 2.87. The lowest BCUT2D eigenvalue weighted by molar-refractivity contribution is 0.103. The number of hydrogen-bond donors (Lipinski definition) is 0. The molecule has 2 heterocycles. The number of ketones is 1.